The summed E-state index contributed by atoms with van der Waals surface area (Å²) in [6, 6.07) is 0.391. The van der Waals surface area contributed by atoms with E-state index in [1.807, 2.05) is 0 Å². The number of ether oxygens (including phenoxy) is 1. The first-order valence-corrected chi connectivity index (χ1v) is 4.05. The third-order valence-corrected chi connectivity index (χ3v) is 1.53. The summed E-state index contributed by atoms with van der Waals surface area (Å²) < 4.78 is 4.84. The summed E-state index contributed by atoms with van der Waals surface area (Å²) in [7, 11) is 0. The van der Waals surface area contributed by atoms with Gasteiger partial charge in [-0.2, -0.15) is 0 Å². The standard InChI is InChI=1S/C8H14NO2/c1-2-3-6-11-8(10)9-7-4-5-7/h7H,1-6H2,(H,9,10). The van der Waals surface area contributed by atoms with Crippen LogP contribution in [0, 0.1) is 6.92 Å². The molecule has 1 fully saturated rings. The minimum atomic E-state index is -0.277. The van der Waals surface area contributed by atoms with Gasteiger partial charge in [0, 0.05) is 6.04 Å². The van der Waals surface area contributed by atoms with Gasteiger partial charge in [0.05, 0.1) is 6.61 Å². The molecule has 3 heteroatoms. The summed E-state index contributed by atoms with van der Waals surface area (Å²) in [4.78, 5) is 10.8. The predicted molar refractivity (Wildman–Crippen MR) is 42.1 cm³/mol. The Morgan fingerprint density at radius 1 is 1.64 bits per heavy atom. The average Bonchev–Trinajstić information content (AvgIpc) is 2.72. The minimum absolute atomic E-state index is 0.277. The van der Waals surface area contributed by atoms with E-state index in [9.17, 15) is 4.79 Å². The van der Waals surface area contributed by atoms with Gasteiger partial charge < -0.3 is 10.1 Å². The van der Waals surface area contributed by atoms with Gasteiger partial charge in [-0.05, 0) is 19.3 Å². The van der Waals surface area contributed by atoms with Crippen molar-refractivity contribution >= 4 is 6.09 Å². The first-order chi connectivity index (χ1) is 5.33. The molecule has 63 valence electrons. The number of unbranched alkanes of at least 4 members (excludes halogenated alkanes) is 1. The third-order valence-electron chi connectivity index (χ3n) is 1.53. The molecular formula is C8H14NO2. The summed E-state index contributed by atoms with van der Waals surface area (Å²) in [6.07, 6.45) is 3.59. The van der Waals surface area contributed by atoms with Crippen molar-refractivity contribution < 1.29 is 9.53 Å². The maximum Gasteiger partial charge on any atom is 0.407 e. The van der Waals surface area contributed by atoms with E-state index < -0.39 is 0 Å². The molecular weight excluding hydrogens is 142 g/mol. The molecule has 1 N–H and O–H groups in total. The van der Waals surface area contributed by atoms with Gasteiger partial charge in [0.1, 0.15) is 0 Å². The van der Waals surface area contributed by atoms with E-state index >= 15 is 0 Å². The third kappa shape index (κ3) is 3.86. The number of carbonyl (C=O) groups excluding carboxylic acids is 1. The fourth-order valence-electron chi connectivity index (χ4n) is 0.703. The van der Waals surface area contributed by atoms with Crippen LogP contribution in [0.2, 0.25) is 0 Å². The second-order valence-electron chi connectivity index (χ2n) is 2.76. The molecule has 1 radical (unpaired) electrons. The van der Waals surface area contributed by atoms with Crippen LogP contribution in [-0.4, -0.2) is 18.7 Å². The Morgan fingerprint density at radius 2 is 2.36 bits per heavy atom. The van der Waals surface area contributed by atoms with Crippen LogP contribution in [-0.2, 0) is 4.74 Å². The highest BCUT2D eigenvalue weighted by Crippen LogP contribution is 2.18. The predicted octanol–water partition coefficient (Wildman–Crippen LogP) is 1.49. The zero-order valence-corrected chi connectivity index (χ0v) is 6.64. The van der Waals surface area contributed by atoms with Gasteiger partial charge in [-0.25, -0.2) is 4.79 Å². The molecule has 1 amide bonds. The number of alkyl carbamates (subject to hydrolysis) is 1. The van der Waals surface area contributed by atoms with Crippen molar-refractivity contribution in [3.05, 3.63) is 6.92 Å². The van der Waals surface area contributed by atoms with Gasteiger partial charge in [0.15, 0.2) is 0 Å². The van der Waals surface area contributed by atoms with Crippen molar-refractivity contribution in [2.75, 3.05) is 6.61 Å². The van der Waals surface area contributed by atoms with Crippen molar-refractivity contribution in [1.82, 2.24) is 5.32 Å². The quantitative estimate of drug-likeness (QED) is 0.626. The number of hydrogen-bond donors (Lipinski definition) is 1. The summed E-state index contributed by atoms with van der Waals surface area (Å²) in [5.41, 5.74) is 0. The maximum absolute atomic E-state index is 10.8. The number of carbonyl (C=O) groups is 1. The van der Waals surface area contributed by atoms with E-state index in [1.165, 1.54) is 0 Å². The van der Waals surface area contributed by atoms with Crippen molar-refractivity contribution in [1.29, 1.82) is 0 Å². The Morgan fingerprint density at radius 3 is 2.91 bits per heavy atom. The zero-order chi connectivity index (χ0) is 8.10. The second-order valence-corrected chi connectivity index (χ2v) is 2.76. The van der Waals surface area contributed by atoms with E-state index in [4.69, 9.17) is 4.74 Å². The van der Waals surface area contributed by atoms with Gasteiger partial charge in [0.25, 0.3) is 0 Å². The molecule has 0 saturated heterocycles. The number of rotatable bonds is 4. The SMILES string of the molecule is [CH2]CCCOC(=O)NC1CC1. The van der Waals surface area contributed by atoms with Crippen LogP contribution < -0.4 is 5.32 Å². The average molecular weight is 156 g/mol. The number of amides is 1. The molecule has 0 aromatic rings. The largest absolute Gasteiger partial charge is 0.450 e. The highest BCUT2D eigenvalue weighted by molar-refractivity contribution is 5.67. The summed E-state index contributed by atoms with van der Waals surface area (Å²) in [5.74, 6) is 0. The molecule has 0 unspecified atom stereocenters. The molecule has 1 rings (SSSR count). The summed E-state index contributed by atoms with van der Waals surface area (Å²) in [5, 5.41) is 2.73. The second kappa shape index (κ2) is 4.21. The highest BCUT2D eigenvalue weighted by Gasteiger charge is 2.23. The Bertz CT molecular complexity index is 132. The van der Waals surface area contributed by atoms with Crippen LogP contribution in [0.3, 0.4) is 0 Å². The molecule has 0 atom stereocenters. The molecule has 0 heterocycles. The topological polar surface area (TPSA) is 38.3 Å². The molecule has 0 aromatic carbocycles. The summed E-state index contributed by atoms with van der Waals surface area (Å²) in [6.45, 7) is 4.13. The van der Waals surface area contributed by atoms with Crippen LogP contribution in [0.5, 0.6) is 0 Å². The summed E-state index contributed by atoms with van der Waals surface area (Å²) >= 11 is 0. The Labute approximate surface area is 67.1 Å². The van der Waals surface area contributed by atoms with Crippen LogP contribution in [0.1, 0.15) is 25.7 Å². The zero-order valence-electron chi connectivity index (χ0n) is 6.64. The number of hydrogen-bond acceptors (Lipinski definition) is 2. The van der Waals surface area contributed by atoms with Crippen LogP contribution in [0.15, 0.2) is 0 Å². The molecule has 1 saturated carbocycles. The molecule has 0 bridgehead atoms. The van der Waals surface area contributed by atoms with E-state index in [1.54, 1.807) is 0 Å². The molecule has 0 aromatic heterocycles. The van der Waals surface area contributed by atoms with Crippen molar-refractivity contribution in [3.8, 4) is 0 Å². The monoisotopic (exact) mass is 156 g/mol. The van der Waals surface area contributed by atoms with E-state index in [2.05, 4.69) is 12.2 Å². The normalized spacial score (nSPS) is 16.1. The Balaban J connectivity index is 1.92. The van der Waals surface area contributed by atoms with Crippen molar-refractivity contribution in [3.63, 3.8) is 0 Å². The lowest BCUT2D eigenvalue weighted by Gasteiger charge is -2.03. The lowest BCUT2D eigenvalue weighted by Crippen LogP contribution is -2.26. The van der Waals surface area contributed by atoms with Gasteiger partial charge in [-0.3, -0.25) is 0 Å². The van der Waals surface area contributed by atoms with Gasteiger partial charge >= 0.3 is 6.09 Å². The molecule has 3 nitrogen and oxygen atoms in total. The fourth-order valence-corrected chi connectivity index (χ4v) is 0.703. The molecule has 1 aliphatic rings. The van der Waals surface area contributed by atoms with E-state index in [0.717, 1.165) is 25.7 Å². The molecule has 1 aliphatic carbocycles. The molecule has 11 heavy (non-hydrogen) atoms. The lowest BCUT2D eigenvalue weighted by molar-refractivity contribution is 0.144. The maximum atomic E-state index is 10.8. The van der Waals surface area contributed by atoms with Crippen LogP contribution in [0.4, 0.5) is 4.79 Å². The Kier molecular flexibility index (Phi) is 3.20. The first kappa shape index (κ1) is 8.37. The van der Waals surface area contributed by atoms with Crippen molar-refractivity contribution in [2.45, 2.75) is 31.7 Å². The lowest BCUT2D eigenvalue weighted by atomic mass is 10.4. The van der Waals surface area contributed by atoms with E-state index in [-0.39, 0.29) is 6.09 Å². The van der Waals surface area contributed by atoms with Crippen LogP contribution in [0.25, 0.3) is 0 Å². The minimum Gasteiger partial charge on any atom is -0.450 e. The smallest absolute Gasteiger partial charge is 0.407 e. The number of nitrogens with one attached hydrogen (secondary N) is 1. The Hall–Kier alpha value is -0.730. The fraction of sp³-hybridized carbons (Fsp3) is 0.750. The van der Waals surface area contributed by atoms with E-state index in [0.29, 0.717) is 12.6 Å². The molecule has 0 spiro atoms. The van der Waals surface area contributed by atoms with Crippen LogP contribution >= 0.6 is 0 Å². The van der Waals surface area contributed by atoms with Gasteiger partial charge in [0.2, 0.25) is 0 Å². The van der Waals surface area contributed by atoms with Gasteiger partial charge in [-0.1, -0.05) is 13.3 Å². The molecule has 0 aliphatic heterocycles. The van der Waals surface area contributed by atoms with Gasteiger partial charge in [-0.15, -0.1) is 0 Å². The highest BCUT2D eigenvalue weighted by atomic mass is 16.5. The first-order valence-electron chi connectivity index (χ1n) is 4.05. The van der Waals surface area contributed by atoms with Crippen molar-refractivity contribution in [2.24, 2.45) is 0 Å².